The summed E-state index contributed by atoms with van der Waals surface area (Å²) in [6.45, 7) is -1.55. The number of ether oxygens (including phenoxy) is 1. The first-order valence-corrected chi connectivity index (χ1v) is 13.8. The monoisotopic (exact) mass is 655 g/mol. The third-order valence-corrected chi connectivity index (χ3v) is 7.95. The molecule has 1 fully saturated rings. The Kier molecular flexibility index (Phi) is 11.0. The Morgan fingerprint density at radius 3 is 2.39 bits per heavy atom. The fraction of sp³-hybridized carbons (Fsp3) is 0.600. The van der Waals surface area contributed by atoms with E-state index in [0.717, 1.165) is 6.33 Å². The van der Waals surface area contributed by atoms with Gasteiger partial charge < -0.3 is 60.6 Å². The maximum absolute atomic E-state index is 11.5. The van der Waals surface area contributed by atoms with Gasteiger partial charge in [-0.15, -0.1) is 0 Å². The van der Waals surface area contributed by atoms with Gasteiger partial charge in [-0.3, -0.25) is 9.09 Å². The number of carbonyl (C=O) groups excluding carboxylic acids is 1. The van der Waals surface area contributed by atoms with E-state index in [1.807, 2.05) is 0 Å². The number of carbonyl (C=O) groups is 1. The number of aromatic nitrogens is 4. The molecule has 20 nitrogen and oxygen atoms in total. The zero-order chi connectivity index (χ0) is 29.1. The molecule has 1 aliphatic heterocycles. The summed E-state index contributed by atoms with van der Waals surface area (Å²) < 4.78 is 35.2. The number of nitrogens with two attached hydrogens (primary N) is 1. The first-order chi connectivity index (χ1) is 17.5. The maximum Gasteiger partial charge on any atom is 0.481 e. The normalized spacial score (nSPS) is 27.7. The number of aliphatic hydroxyl groups excluding tert-OH is 6. The SMILES string of the molecule is Nc1ncnc2c1ncn2[C@]1(Br)O[C@H](COP(=O)(O)OP(=O)(O)O)[C@@H](O)[C@H]1O.O=C[C@H](O)[C@H](O)[C@H](O)CO. The Morgan fingerprint density at radius 2 is 1.84 bits per heavy atom. The molecule has 0 spiro atoms. The van der Waals surface area contributed by atoms with Crippen LogP contribution in [0.15, 0.2) is 12.7 Å². The zero-order valence-corrected chi connectivity index (χ0v) is 22.1. The van der Waals surface area contributed by atoms with Crippen LogP contribution >= 0.6 is 31.6 Å². The Labute approximate surface area is 220 Å². The highest BCUT2D eigenvalue weighted by atomic mass is 79.9. The van der Waals surface area contributed by atoms with Crippen LogP contribution in [-0.2, 0) is 32.1 Å². The molecule has 0 amide bonds. The third-order valence-electron chi connectivity index (χ3n) is 4.76. The predicted molar refractivity (Wildman–Crippen MR) is 124 cm³/mol. The van der Waals surface area contributed by atoms with E-state index >= 15 is 0 Å². The van der Waals surface area contributed by atoms with Gasteiger partial charge >= 0.3 is 15.6 Å². The summed E-state index contributed by atoms with van der Waals surface area (Å²) in [5.41, 5.74) is 6.04. The van der Waals surface area contributed by atoms with Gasteiger partial charge in [-0.2, -0.15) is 4.31 Å². The number of phosphoric acid groups is 2. The van der Waals surface area contributed by atoms with Gasteiger partial charge in [-0.25, -0.2) is 24.1 Å². The van der Waals surface area contributed by atoms with Crippen molar-refractivity contribution in [1.82, 2.24) is 19.5 Å². The molecule has 8 atom stereocenters. The second-order valence-electron chi connectivity index (χ2n) is 7.45. The minimum atomic E-state index is -5.31. The van der Waals surface area contributed by atoms with Gasteiger partial charge in [0, 0.05) is 0 Å². The van der Waals surface area contributed by atoms with E-state index in [9.17, 15) is 29.0 Å². The van der Waals surface area contributed by atoms with Gasteiger partial charge in [0.2, 0.25) is 4.63 Å². The molecule has 1 aliphatic rings. The average molecular weight is 656 g/mol. The van der Waals surface area contributed by atoms with Crippen LogP contribution in [0, 0.1) is 0 Å². The molecule has 3 rings (SSSR count). The number of anilines is 1. The van der Waals surface area contributed by atoms with Crippen LogP contribution in [0.1, 0.15) is 0 Å². The summed E-state index contributed by atoms with van der Waals surface area (Å²) >= 11 is 3.14. The molecule has 2 aromatic rings. The summed E-state index contributed by atoms with van der Waals surface area (Å²) in [6.07, 6.45) is -6.98. The Hall–Kier alpha value is -1.52. The molecule has 2 aromatic heterocycles. The summed E-state index contributed by atoms with van der Waals surface area (Å²) in [6, 6.07) is 0. The molecule has 3 heterocycles. The average Bonchev–Trinajstić information content (AvgIpc) is 3.37. The first kappa shape index (κ1) is 32.7. The van der Waals surface area contributed by atoms with Crippen LogP contribution in [0.5, 0.6) is 0 Å². The van der Waals surface area contributed by atoms with Gasteiger partial charge in [0.05, 0.1) is 13.2 Å². The van der Waals surface area contributed by atoms with Gasteiger partial charge in [0.25, 0.3) is 0 Å². The lowest BCUT2D eigenvalue weighted by Crippen LogP contribution is -2.40. The molecule has 0 saturated carbocycles. The number of aliphatic hydroxyl groups is 6. The van der Waals surface area contributed by atoms with E-state index < -0.39 is 70.1 Å². The molecule has 38 heavy (non-hydrogen) atoms. The Morgan fingerprint density at radius 1 is 1.21 bits per heavy atom. The number of nitrogen functional groups attached to an aromatic ring is 1. The second-order valence-corrected chi connectivity index (χ2v) is 11.4. The molecule has 0 aliphatic carbocycles. The second kappa shape index (κ2) is 12.8. The van der Waals surface area contributed by atoms with E-state index in [-0.39, 0.29) is 23.3 Å². The maximum atomic E-state index is 11.5. The van der Waals surface area contributed by atoms with Crippen molar-refractivity contribution >= 4 is 54.8 Å². The van der Waals surface area contributed by atoms with Crippen LogP contribution in [0.25, 0.3) is 11.2 Å². The van der Waals surface area contributed by atoms with Crippen molar-refractivity contribution in [2.75, 3.05) is 18.9 Å². The highest BCUT2D eigenvalue weighted by molar-refractivity contribution is 9.09. The number of phosphoric ester groups is 1. The molecule has 11 N–H and O–H groups in total. The number of imidazole rings is 1. The standard InChI is InChI=1S/C10H14BrN5O10P2.C5H10O5/c11-10(16-3-15-5-8(12)13-2-14-9(5)16)7(18)6(17)4(25-10)1-24-28(22,23)26-27(19,20)21;6-1-3(8)5(10)4(9)2-7/h2-4,6-7,17-18H,1H2,(H,22,23)(H2,12,13,14)(H2,19,20,21);1,3-5,7-10H,2H2/t4-,6-,7-,10+;3-,4+,5-/m10/s1. The minimum absolute atomic E-state index is 0.0589. The van der Waals surface area contributed by atoms with Crippen LogP contribution in [0.3, 0.4) is 0 Å². The first-order valence-electron chi connectivity index (χ1n) is 9.98. The van der Waals surface area contributed by atoms with E-state index in [1.54, 1.807) is 0 Å². The van der Waals surface area contributed by atoms with Crippen molar-refractivity contribution < 1.29 is 72.8 Å². The van der Waals surface area contributed by atoms with Gasteiger partial charge in [0.15, 0.2) is 17.8 Å². The Bertz CT molecular complexity index is 1200. The molecule has 1 unspecified atom stereocenters. The lowest BCUT2D eigenvalue weighted by atomic mass is 10.1. The van der Waals surface area contributed by atoms with Crippen LogP contribution in [0.2, 0.25) is 0 Å². The molecule has 1 saturated heterocycles. The quantitative estimate of drug-likeness (QED) is 0.0662. The topological polar surface area (TPSA) is 331 Å². The van der Waals surface area contributed by atoms with Crippen molar-refractivity contribution in [1.29, 1.82) is 0 Å². The number of hydrogen-bond donors (Lipinski definition) is 10. The fourth-order valence-corrected chi connectivity index (χ4v) is 5.28. The van der Waals surface area contributed by atoms with Crippen LogP contribution in [-0.4, -0.2) is 121 Å². The summed E-state index contributed by atoms with van der Waals surface area (Å²) in [4.78, 5) is 48.0. The molecular formula is C15H24BrN5O15P2. The lowest BCUT2D eigenvalue weighted by molar-refractivity contribution is -0.127. The van der Waals surface area contributed by atoms with Crippen molar-refractivity contribution in [2.45, 2.75) is 41.3 Å². The van der Waals surface area contributed by atoms with Crippen molar-refractivity contribution in [3.05, 3.63) is 12.7 Å². The van der Waals surface area contributed by atoms with Crippen LogP contribution < -0.4 is 5.73 Å². The van der Waals surface area contributed by atoms with E-state index in [1.165, 1.54) is 10.9 Å². The molecule has 0 bridgehead atoms. The summed E-state index contributed by atoms with van der Waals surface area (Å²) in [5.74, 6) is 0.0589. The molecule has 216 valence electrons. The Balaban J connectivity index is 0.000000432. The number of halogens is 1. The van der Waals surface area contributed by atoms with Crippen molar-refractivity contribution in [3.8, 4) is 0 Å². The van der Waals surface area contributed by atoms with Crippen molar-refractivity contribution in [3.63, 3.8) is 0 Å². The number of hydrogen-bond acceptors (Lipinski definition) is 16. The highest BCUT2D eigenvalue weighted by Gasteiger charge is 2.55. The van der Waals surface area contributed by atoms with Gasteiger partial charge in [-0.05, 0) is 15.9 Å². The molecule has 0 aromatic carbocycles. The fourth-order valence-electron chi connectivity index (χ4n) is 2.92. The number of nitrogens with zero attached hydrogens (tertiary/aromatic N) is 4. The largest absolute Gasteiger partial charge is 0.481 e. The van der Waals surface area contributed by atoms with E-state index in [0.29, 0.717) is 0 Å². The molecule has 0 radical (unpaired) electrons. The summed E-state index contributed by atoms with van der Waals surface area (Å²) in [5, 5.41) is 54.7. The third kappa shape index (κ3) is 7.78. The molecule has 23 heteroatoms. The van der Waals surface area contributed by atoms with Crippen molar-refractivity contribution in [2.24, 2.45) is 0 Å². The van der Waals surface area contributed by atoms with E-state index in [2.05, 4.69) is 39.7 Å². The predicted octanol–water partition coefficient (Wildman–Crippen LogP) is -3.98. The number of alkyl halides is 1. The zero-order valence-electron chi connectivity index (χ0n) is 18.7. The van der Waals surface area contributed by atoms with Gasteiger partial charge in [-0.1, -0.05) is 0 Å². The van der Waals surface area contributed by atoms with E-state index in [4.69, 9.17) is 40.7 Å². The lowest BCUT2D eigenvalue weighted by Gasteiger charge is -2.27. The van der Waals surface area contributed by atoms with Gasteiger partial charge in [0.1, 0.15) is 54.8 Å². The number of aldehydes is 1. The smallest absolute Gasteiger partial charge is 0.394 e. The highest BCUT2D eigenvalue weighted by Crippen LogP contribution is 2.58. The van der Waals surface area contributed by atoms with Crippen LogP contribution in [0.4, 0.5) is 5.82 Å². The minimum Gasteiger partial charge on any atom is -0.394 e. The number of rotatable bonds is 10. The number of fused-ring (bicyclic) bond motifs is 1. The molecular weight excluding hydrogens is 632 g/mol. The summed E-state index contributed by atoms with van der Waals surface area (Å²) in [7, 11) is -10.5.